The molecule has 0 aromatic rings. The Morgan fingerprint density at radius 1 is 1.47 bits per heavy atom. The zero-order valence-corrected chi connectivity index (χ0v) is 12.2. The number of allylic oxidation sites excluding steroid dienone is 1. The molecule has 0 bridgehead atoms. The van der Waals surface area contributed by atoms with E-state index in [2.05, 4.69) is 31.5 Å². The maximum absolute atomic E-state index is 11.3. The van der Waals surface area contributed by atoms with Gasteiger partial charge in [-0.2, -0.15) is 0 Å². The lowest BCUT2D eigenvalue weighted by molar-refractivity contribution is 0.156. The van der Waals surface area contributed by atoms with Gasteiger partial charge < -0.3 is 10.1 Å². The van der Waals surface area contributed by atoms with Crippen LogP contribution in [0.2, 0.25) is 0 Å². The Morgan fingerprint density at radius 3 is 2.76 bits per heavy atom. The van der Waals surface area contributed by atoms with Crippen LogP contribution in [0.15, 0.2) is 11.6 Å². The first-order chi connectivity index (χ1) is 8.10. The van der Waals surface area contributed by atoms with E-state index in [4.69, 9.17) is 4.74 Å². The third kappa shape index (κ3) is 10.1. The van der Waals surface area contributed by atoms with E-state index in [1.807, 2.05) is 6.92 Å². The summed E-state index contributed by atoms with van der Waals surface area (Å²) < 4.78 is 5.08. The number of hydrogen-bond donors (Lipinski definition) is 1. The van der Waals surface area contributed by atoms with Crippen molar-refractivity contribution in [2.45, 2.75) is 33.6 Å². The van der Waals surface area contributed by atoms with Gasteiger partial charge in [-0.3, -0.25) is 0 Å². The van der Waals surface area contributed by atoms with Crippen LogP contribution in [-0.2, 0) is 4.74 Å². The molecule has 0 aliphatic rings. The molecule has 0 aromatic heterocycles. The van der Waals surface area contributed by atoms with Gasteiger partial charge >= 0.3 is 6.09 Å². The van der Waals surface area contributed by atoms with Crippen LogP contribution < -0.4 is 5.32 Å². The molecular weight excluding hydrogens is 233 g/mol. The molecule has 1 N–H and O–H groups in total. The van der Waals surface area contributed by atoms with Crippen LogP contribution >= 0.6 is 7.55 Å². The van der Waals surface area contributed by atoms with Crippen molar-refractivity contribution in [3.8, 4) is 0 Å². The lowest BCUT2D eigenvalue weighted by atomic mass is 10.2. The van der Waals surface area contributed by atoms with Gasteiger partial charge in [0.15, 0.2) is 0 Å². The first-order valence-electron chi connectivity index (χ1n) is 6.21. The number of amides is 1. The van der Waals surface area contributed by atoms with E-state index < -0.39 is 0 Å². The van der Waals surface area contributed by atoms with E-state index >= 15 is 0 Å². The lowest BCUT2D eigenvalue weighted by Gasteiger charge is -2.05. The highest BCUT2D eigenvalue weighted by molar-refractivity contribution is 7.55. The van der Waals surface area contributed by atoms with Gasteiger partial charge in [-0.05, 0) is 25.8 Å². The largest absolute Gasteiger partial charge is 0.445 e. The summed E-state index contributed by atoms with van der Waals surface area (Å²) >= 11 is 0. The van der Waals surface area contributed by atoms with E-state index in [1.54, 1.807) is 0 Å². The van der Waals surface area contributed by atoms with Gasteiger partial charge in [0.25, 0.3) is 0 Å². The Kier molecular flexibility index (Phi) is 9.84. The van der Waals surface area contributed by atoms with Crippen molar-refractivity contribution in [2.24, 2.45) is 0 Å². The van der Waals surface area contributed by atoms with Gasteiger partial charge in [0, 0.05) is 0 Å². The number of alkyl carbamates (subject to hydrolysis) is 1. The molecule has 1 atom stereocenters. The first kappa shape index (κ1) is 16.2. The minimum Gasteiger partial charge on any atom is -0.445 e. The summed E-state index contributed by atoms with van der Waals surface area (Å²) in [7, 11) is -0.170. The van der Waals surface area contributed by atoms with Crippen LogP contribution in [0.3, 0.4) is 0 Å². The maximum atomic E-state index is 11.3. The Bertz CT molecular complexity index is 275. The minimum absolute atomic E-state index is 0.170. The van der Waals surface area contributed by atoms with Gasteiger partial charge in [0.1, 0.15) is 18.9 Å². The smallest absolute Gasteiger partial charge is 0.407 e. The Hall–Kier alpha value is -0.820. The molecule has 0 aromatic carbocycles. The van der Waals surface area contributed by atoms with Crippen LogP contribution in [0.1, 0.15) is 33.6 Å². The van der Waals surface area contributed by atoms with Crippen LogP contribution in [0, 0.1) is 0 Å². The number of carbonyl (C=O) groups excluding carboxylic acids is 1. The molecule has 0 aliphatic heterocycles. The average molecular weight is 258 g/mol. The third-order valence-electron chi connectivity index (χ3n) is 2.36. The summed E-state index contributed by atoms with van der Waals surface area (Å²) in [6.07, 6.45) is 10.0. The molecule has 1 unspecified atom stereocenters. The van der Waals surface area contributed by atoms with Crippen molar-refractivity contribution in [3.63, 3.8) is 0 Å². The van der Waals surface area contributed by atoms with Crippen LogP contribution in [0.4, 0.5) is 4.79 Å². The van der Waals surface area contributed by atoms with Crippen molar-refractivity contribution in [1.82, 2.24) is 5.32 Å². The molecule has 0 saturated heterocycles. The standard InChI is InChI=1S/C13H24NO2P/c1-5-7-8-12(3)11-16-13(15)14-9-10-17(4)6-2/h8H,4-7,9-11H2,1-3H3/p+1/b12-8+. The zero-order chi connectivity index (χ0) is 13.1. The van der Waals surface area contributed by atoms with Gasteiger partial charge in [-0.25, -0.2) is 4.79 Å². The zero-order valence-electron chi connectivity index (χ0n) is 11.3. The van der Waals surface area contributed by atoms with Crippen molar-refractivity contribution in [2.75, 3.05) is 25.5 Å². The van der Waals surface area contributed by atoms with Crippen LogP contribution in [0.5, 0.6) is 0 Å². The summed E-state index contributed by atoms with van der Waals surface area (Å²) in [5, 5.41) is 2.75. The topological polar surface area (TPSA) is 38.3 Å². The summed E-state index contributed by atoms with van der Waals surface area (Å²) in [5.41, 5.74) is 1.11. The molecule has 0 aliphatic carbocycles. The molecule has 0 fully saturated rings. The van der Waals surface area contributed by atoms with E-state index in [1.165, 1.54) is 0 Å². The highest BCUT2D eigenvalue weighted by Crippen LogP contribution is 2.16. The molecule has 0 heterocycles. The van der Waals surface area contributed by atoms with Gasteiger partial charge in [0.05, 0.1) is 20.4 Å². The Balaban J connectivity index is 3.62. The highest BCUT2D eigenvalue weighted by atomic mass is 31.1. The molecular formula is C13H25NO2P+. The number of rotatable bonds is 8. The summed E-state index contributed by atoms with van der Waals surface area (Å²) in [6.45, 7) is 7.29. The third-order valence-corrected chi connectivity index (χ3v) is 4.11. The minimum atomic E-state index is -0.325. The fourth-order valence-electron chi connectivity index (χ4n) is 1.15. The normalized spacial score (nSPS) is 12.2. The van der Waals surface area contributed by atoms with Crippen molar-refractivity contribution >= 4 is 19.9 Å². The van der Waals surface area contributed by atoms with Crippen molar-refractivity contribution in [1.29, 1.82) is 0 Å². The molecule has 17 heavy (non-hydrogen) atoms. The molecule has 98 valence electrons. The number of unbranched alkanes of at least 4 members (excludes halogenated alkanes) is 1. The van der Waals surface area contributed by atoms with Crippen LogP contribution in [0.25, 0.3) is 0 Å². The number of nitrogens with one attached hydrogen (secondary N) is 1. The van der Waals surface area contributed by atoms with E-state index in [-0.39, 0.29) is 13.6 Å². The lowest BCUT2D eigenvalue weighted by Crippen LogP contribution is -2.27. The molecule has 0 radical (unpaired) electrons. The number of carbonyl (C=O) groups is 1. The van der Waals surface area contributed by atoms with Gasteiger partial charge in [-0.1, -0.05) is 19.4 Å². The molecule has 0 saturated carbocycles. The first-order valence-corrected chi connectivity index (χ1v) is 8.11. The predicted molar refractivity (Wildman–Crippen MR) is 77.5 cm³/mol. The second-order valence-electron chi connectivity index (χ2n) is 4.05. The van der Waals surface area contributed by atoms with E-state index in [0.717, 1.165) is 30.7 Å². The number of ether oxygens (including phenoxy) is 1. The average Bonchev–Trinajstić information content (AvgIpc) is 2.33. The van der Waals surface area contributed by atoms with Crippen molar-refractivity contribution < 1.29 is 9.53 Å². The number of hydrogen-bond acceptors (Lipinski definition) is 2. The second-order valence-corrected chi connectivity index (χ2v) is 6.47. The Labute approximate surface area is 106 Å². The monoisotopic (exact) mass is 258 g/mol. The SMILES string of the molecule is C=[P+](CC)CCNC(=O)OC/C(C)=C/CCC. The molecule has 0 rings (SSSR count). The molecule has 1 amide bonds. The Morgan fingerprint density at radius 2 is 2.18 bits per heavy atom. The van der Waals surface area contributed by atoms with Crippen molar-refractivity contribution in [3.05, 3.63) is 11.6 Å². The maximum Gasteiger partial charge on any atom is 0.407 e. The van der Waals surface area contributed by atoms with Crippen LogP contribution in [-0.4, -0.2) is 37.9 Å². The fourth-order valence-corrected chi connectivity index (χ4v) is 1.90. The molecule has 4 heteroatoms. The highest BCUT2D eigenvalue weighted by Gasteiger charge is 2.05. The van der Waals surface area contributed by atoms with E-state index in [9.17, 15) is 4.79 Å². The molecule has 3 nitrogen and oxygen atoms in total. The second kappa shape index (κ2) is 10.3. The quantitative estimate of drug-likeness (QED) is 0.535. The van der Waals surface area contributed by atoms with E-state index in [0.29, 0.717) is 13.2 Å². The predicted octanol–water partition coefficient (Wildman–Crippen LogP) is 3.39. The molecule has 0 spiro atoms. The summed E-state index contributed by atoms with van der Waals surface area (Å²) in [4.78, 5) is 11.3. The van der Waals surface area contributed by atoms with Gasteiger partial charge in [-0.15, -0.1) is 0 Å². The van der Waals surface area contributed by atoms with Gasteiger partial charge in [0.2, 0.25) is 0 Å². The summed E-state index contributed by atoms with van der Waals surface area (Å²) in [6, 6.07) is 0. The summed E-state index contributed by atoms with van der Waals surface area (Å²) in [5.74, 6) is 0. The fraction of sp³-hybridized carbons (Fsp3) is 0.692.